The van der Waals surface area contributed by atoms with E-state index in [9.17, 15) is 22.8 Å². The first-order chi connectivity index (χ1) is 16.2. The van der Waals surface area contributed by atoms with Gasteiger partial charge in [0.15, 0.2) is 6.61 Å². The Balaban J connectivity index is 1.46. The van der Waals surface area contributed by atoms with Crippen LogP contribution in [0.15, 0.2) is 78.9 Å². The molecule has 0 atom stereocenters. The number of alkyl halides is 3. The van der Waals surface area contributed by atoms with Gasteiger partial charge in [-0.1, -0.05) is 48.0 Å². The van der Waals surface area contributed by atoms with E-state index in [-0.39, 0.29) is 0 Å². The van der Waals surface area contributed by atoms with Gasteiger partial charge in [-0.05, 0) is 53.6 Å². The van der Waals surface area contributed by atoms with Gasteiger partial charge >= 0.3 is 12.1 Å². The van der Waals surface area contributed by atoms with Gasteiger partial charge in [0, 0.05) is 11.1 Å². The smallest absolute Gasteiger partial charge is 0.418 e. The van der Waals surface area contributed by atoms with E-state index in [4.69, 9.17) is 21.1 Å². The average molecular weight is 490 g/mol. The summed E-state index contributed by atoms with van der Waals surface area (Å²) in [6, 6.07) is 18.7. The van der Waals surface area contributed by atoms with Crippen LogP contribution >= 0.6 is 11.6 Å². The van der Waals surface area contributed by atoms with Crippen molar-refractivity contribution in [2.75, 3.05) is 11.9 Å². The zero-order valence-electron chi connectivity index (χ0n) is 17.6. The Kier molecular flexibility index (Phi) is 8.32. The third-order valence-corrected chi connectivity index (χ3v) is 4.71. The number of hydrogen-bond acceptors (Lipinski definition) is 4. The zero-order valence-corrected chi connectivity index (χ0v) is 18.4. The van der Waals surface area contributed by atoms with Crippen LogP contribution in [0.5, 0.6) is 5.75 Å². The fourth-order valence-corrected chi connectivity index (χ4v) is 2.92. The van der Waals surface area contributed by atoms with E-state index in [1.54, 1.807) is 36.4 Å². The predicted octanol–water partition coefficient (Wildman–Crippen LogP) is 6.13. The minimum absolute atomic E-state index is 0.369. The Labute approximate surface area is 198 Å². The van der Waals surface area contributed by atoms with Crippen molar-refractivity contribution < 1.29 is 32.2 Å². The van der Waals surface area contributed by atoms with Gasteiger partial charge < -0.3 is 14.8 Å². The summed E-state index contributed by atoms with van der Waals surface area (Å²) in [4.78, 5) is 23.7. The van der Waals surface area contributed by atoms with Crippen molar-refractivity contribution in [3.8, 4) is 5.75 Å². The van der Waals surface area contributed by atoms with Gasteiger partial charge in [-0.2, -0.15) is 13.2 Å². The first-order valence-corrected chi connectivity index (χ1v) is 10.4. The van der Waals surface area contributed by atoms with E-state index in [1.165, 1.54) is 18.2 Å². The maximum Gasteiger partial charge on any atom is 0.418 e. The number of carbonyl (C=O) groups is 2. The number of rotatable bonds is 8. The number of amides is 1. The highest BCUT2D eigenvalue weighted by Crippen LogP contribution is 2.34. The molecule has 0 spiro atoms. The molecule has 0 aromatic heterocycles. The zero-order chi connectivity index (χ0) is 24.6. The summed E-state index contributed by atoms with van der Waals surface area (Å²) in [5.74, 6) is -1.08. The molecule has 0 saturated carbocycles. The highest BCUT2D eigenvalue weighted by atomic mass is 35.5. The van der Waals surface area contributed by atoms with Crippen molar-refractivity contribution in [1.82, 2.24) is 0 Å². The van der Waals surface area contributed by atoms with Crippen LogP contribution in [0.2, 0.25) is 5.02 Å². The van der Waals surface area contributed by atoms with Crippen molar-refractivity contribution in [2.45, 2.75) is 12.8 Å². The SMILES string of the molecule is O=C(COC(=O)/C=C/c1ccc(OCc2ccc(Cl)cc2)cc1)Nc1ccccc1C(F)(F)F. The molecule has 0 saturated heterocycles. The molecule has 0 aliphatic rings. The molecule has 3 rings (SSSR count). The predicted molar refractivity (Wildman–Crippen MR) is 122 cm³/mol. The van der Waals surface area contributed by atoms with Crippen molar-refractivity contribution in [3.63, 3.8) is 0 Å². The van der Waals surface area contributed by atoms with Crippen molar-refractivity contribution in [1.29, 1.82) is 0 Å². The first kappa shape index (κ1) is 24.9. The van der Waals surface area contributed by atoms with Crippen LogP contribution in [0.1, 0.15) is 16.7 Å². The van der Waals surface area contributed by atoms with E-state index in [1.807, 2.05) is 12.1 Å². The molecule has 0 aliphatic heterocycles. The topological polar surface area (TPSA) is 64.6 Å². The summed E-state index contributed by atoms with van der Waals surface area (Å²) in [7, 11) is 0. The Morgan fingerprint density at radius 2 is 1.62 bits per heavy atom. The highest BCUT2D eigenvalue weighted by Gasteiger charge is 2.33. The van der Waals surface area contributed by atoms with Crippen LogP contribution < -0.4 is 10.1 Å². The van der Waals surface area contributed by atoms with Gasteiger partial charge in [-0.25, -0.2) is 4.79 Å². The lowest BCUT2D eigenvalue weighted by molar-refractivity contribution is -0.142. The molecule has 0 unspecified atom stereocenters. The third kappa shape index (κ3) is 7.67. The number of carbonyl (C=O) groups excluding carboxylic acids is 2. The number of ether oxygens (including phenoxy) is 2. The Hall–Kier alpha value is -3.78. The van der Waals surface area contributed by atoms with Gasteiger partial charge in [0.05, 0.1) is 11.3 Å². The van der Waals surface area contributed by atoms with E-state index < -0.39 is 35.9 Å². The molecule has 0 bridgehead atoms. The van der Waals surface area contributed by atoms with Crippen LogP contribution in [0.25, 0.3) is 6.08 Å². The lowest BCUT2D eigenvalue weighted by Gasteiger charge is -2.13. The minimum Gasteiger partial charge on any atom is -0.489 e. The second-order valence-corrected chi connectivity index (χ2v) is 7.45. The molecule has 176 valence electrons. The average Bonchev–Trinajstić information content (AvgIpc) is 2.81. The lowest BCUT2D eigenvalue weighted by Crippen LogP contribution is -2.22. The monoisotopic (exact) mass is 489 g/mol. The number of nitrogens with one attached hydrogen (secondary N) is 1. The van der Waals surface area contributed by atoms with Crippen LogP contribution in [0.3, 0.4) is 0 Å². The standard InChI is InChI=1S/C25H19ClF3NO4/c26-19-10-5-18(6-11-19)15-33-20-12-7-17(8-13-20)9-14-24(32)34-16-23(31)30-22-4-2-1-3-21(22)25(27,28)29/h1-14H,15-16H2,(H,30,31)/b14-9+. The molecular weight excluding hydrogens is 471 g/mol. The largest absolute Gasteiger partial charge is 0.489 e. The van der Waals surface area contributed by atoms with Gasteiger partial charge in [-0.15, -0.1) is 0 Å². The number of esters is 1. The van der Waals surface area contributed by atoms with Crippen LogP contribution in [0, 0.1) is 0 Å². The van der Waals surface area contributed by atoms with Crippen molar-refractivity contribution >= 4 is 35.2 Å². The molecule has 1 N–H and O–H groups in total. The second-order valence-electron chi connectivity index (χ2n) is 7.02. The van der Waals surface area contributed by atoms with Crippen molar-refractivity contribution in [2.24, 2.45) is 0 Å². The lowest BCUT2D eigenvalue weighted by atomic mass is 10.1. The van der Waals surface area contributed by atoms with Gasteiger partial charge in [0.1, 0.15) is 12.4 Å². The van der Waals surface area contributed by atoms with E-state index in [2.05, 4.69) is 5.32 Å². The van der Waals surface area contributed by atoms with Gasteiger partial charge in [0.25, 0.3) is 5.91 Å². The Morgan fingerprint density at radius 3 is 2.29 bits per heavy atom. The minimum atomic E-state index is -4.63. The number of anilines is 1. The van der Waals surface area contributed by atoms with Crippen LogP contribution in [-0.2, 0) is 27.1 Å². The fourth-order valence-electron chi connectivity index (χ4n) is 2.80. The van der Waals surface area contributed by atoms with E-state index >= 15 is 0 Å². The summed E-state index contributed by atoms with van der Waals surface area (Å²) in [6.07, 6.45) is -2.04. The summed E-state index contributed by atoms with van der Waals surface area (Å²) in [5.41, 5.74) is 0.238. The Bertz CT molecular complexity index is 1160. The maximum absolute atomic E-state index is 13.0. The quantitative estimate of drug-likeness (QED) is 0.305. The molecule has 34 heavy (non-hydrogen) atoms. The normalized spacial score (nSPS) is 11.3. The second kappa shape index (κ2) is 11.4. The molecule has 9 heteroatoms. The van der Waals surface area contributed by atoms with E-state index in [0.29, 0.717) is 22.9 Å². The molecular formula is C25H19ClF3NO4. The molecule has 0 fully saturated rings. The third-order valence-electron chi connectivity index (χ3n) is 4.46. The van der Waals surface area contributed by atoms with Crippen molar-refractivity contribution in [3.05, 3.63) is 101 Å². The number of halogens is 4. The van der Waals surface area contributed by atoms with Crippen LogP contribution in [0.4, 0.5) is 18.9 Å². The Morgan fingerprint density at radius 1 is 0.941 bits per heavy atom. The van der Waals surface area contributed by atoms with Crippen LogP contribution in [-0.4, -0.2) is 18.5 Å². The molecule has 0 aliphatic carbocycles. The molecule has 3 aromatic rings. The number of hydrogen-bond donors (Lipinski definition) is 1. The first-order valence-electron chi connectivity index (χ1n) is 9.99. The van der Waals surface area contributed by atoms with Gasteiger partial charge in [-0.3, -0.25) is 4.79 Å². The molecule has 0 heterocycles. The summed E-state index contributed by atoms with van der Waals surface area (Å²) >= 11 is 5.85. The number of benzene rings is 3. The fraction of sp³-hybridized carbons (Fsp3) is 0.120. The maximum atomic E-state index is 13.0. The molecule has 0 radical (unpaired) electrons. The summed E-state index contributed by atoms with van der Waals surface area (Å²) in [5, 5.41) is 2.74. The summed E-state index contributed by atoms with van der Waals surface area (Å²) in [6.45, 7) is -0.360. The van der Waals surface area contributed by atoms with Gasteiger partial charge in [0.2, 0.25) is 0 Å². The highest BCUT2D eigenvalue weighted by molar-refractivity contribution is 6.30. The molecule has 5 nitrogen and oxygen atoms in total. The summed E-state index contributed by atoms with van der Waals surface area (Å²) < 4.78 is 49.4. The molecule has 1 amide bonds. The van der Waals surface area contributed by atoms with E-state index in [0.717, 1.165) is 23.8 Å². The number of para-hydroxylation sites is 1. The molecule has 3 aromatic carbocycles.